The minimum atomic E-state index is -0.0887. The molecule has 84 valence electrons. The van der Waals surface area contributed by atoms with Gasteiger partial charge in [-0.15, -0.1) is 0 Å². The van der Waals surface area contributed by atoms with Crippen LogP contribution in [0.5, 0.6) is 0 Å². The van der Waals surface area contributed by atoms with Gasteiger partial charge in [-0.1, -0.05) is 32.0 Å². The average molecular weight is 209 g/mol. The van der Waals surface area contributed by atoms with Gasteiger partial charge in [-0.25, -0.2) is 4.39 Å². The van der Waals surface area contributed by atoms with Crippen LogP contribution < -0.4 is 5.32 Å². The first-order valence-corrected chi connectivity index (χ1v) is 5.74. The Balaban J connectivity index is 2.54. The Labute approximate surface area is 91.7 Å². The second kappa shape index (κ2) is 6.57. The van der Waals surface area contributed by atoms with E-state index in [9.17, 15) is 4.39 Å². The maximum atomic E-state index is 13.4. The minimum absolute atomic E-state index is 0.0887. The third kappa shape index (κ3) is 4.00. The molecule has 1 N–H and O–H groups in total. The van der Waals surface area contributed by atoms with Gasteiger partial charge in [-0.05, 0) is 37.4 Å². The highest BCUT2D eigenvalue weighted by Gasteiger charge is 2.08. The molecule has 0 aliphatic rings. The lowest BCUT2D eigenvalue weighted by atomic mass is 10.0. The molecule has 0 fully saturated rings. The second-order valence-electron chi connectivity index (χ2n) is 3.85. The molecule has 1 aromatic carbocycles. The van der Waals surface area contributed by atoms with E-state index in [-0.39, 0.29) is 5.82 Å². The van der Waals surface area contributed by atoms with E-state index in [2.05, 4.69) is 19.2 Å². The second-order valence-corrected chi connectivity index (χ2v) is 3.85. The van der Waals surface area contributed by atoms with Crippen LogP contribution >= 0.6 is 0 Å². The van der Waals surface area contributed by atoms with E-state index in [0.29, 0.717) is 6.04 Å². The fraction of sp³-hybridized carbons (Fsp3) is 0.538. The molecule has 0 bridgehead atoms. The SMILES string of the molecule is CCCNC(CC)Cc1ccccc1F. The molecular weight excluding hydrogens is 189 g/mol. The summed E-state index contributed by atoms with van der Waals surface area (Å²) < 4.78 is 13.4. The van der Waals surface area contributed by atoms with Crippen molar-refractivity contribution in [2.75, 3.05) is 6.54 Å². The van der Waals surface area contributed by atoms with E-state index in [1.54, 1.807) is 6.07 Å². The van der Waals surface area contributed by atoms with Crippen LogP contribution in [-0.4, -0.2) is 12.6 Å². The van der Waals surface area contributed by atoms with Crippen LogP contribution in [0.3, 0.4) is 0 Å². The summed E-state index contributed by atoms with van der Waals surface area (Å²) >= 11 is 0. The summed E-state index contributed by atoms with van der Waals surface area (Å²) in [5, 5.41) is 3.43. The summed E-state index contributed by atoms with van der Waals surface area (Å²) in [6, 6.07) is 7.42. The molecular formula is C13H20FN. The van der Waals surface area contributed by atoms with Crippen molar-refractivity contribution in [3.05, 3.63) is 35.6 Å². The van der Waals surface area contributed by atoms with E-state index < -0.39 is 0 Å². The average Bonchev–Trinajstić information content (AvgIpc) is 2.26. The molecule has 1 aromatic rings. The Morgan fingerprint density at radius 3 is 2.60 bits per heavy atom. The number of nitrogens with one attached hydrogen (secondary N) is 1. The van der Waals surface area contributed by atoms with Crippen LogP contribution in [-0.2, 0) is 6.42 Å². The van der Waals surface area contributed by atoms with Gasteiger partial charge in [0.2, 0.25) is 0 Å². The minimum Gasteiger partial charge on any atom is -0.314 e. The molecule has 1 nitrogen and oxygen atoms in total. The third-order valence-electron chi connectivity index (χ3n) is 2.60. The first kappa shape index (κ1) is 12.2. The predicted molar refractivity (Wildman–Crippen MR) is 62.5 cm³/mol. The largest absolute Gasteiger partial charge is 0.314 e. The zero-order valence-electron chi connectivity index (χ0n) is 9.59. The summed E-state index contributed by atoms with van der Waals surface area (Å²) in [5.74, 6) is -0.0887. The molecule has 0 radical (unpaired) electrons. The molecule has 0 aliphatic heterocycles. The monoisotopic (exact) mass is 209 g/mol. The molecule has 15 heavy (non-hydrogen) atoms. The number of halogens is 1. The van der Waals surface area contributed by atoms with Crippen molar-refractivity contribution in [3.63, 3.8) is 0 Å². The molecule has 0 amide bonds. The van der Waals surface area contributed by atoms with Crippen LogP contribution in [0.2, 0.25) is 0 Å². The van der Waals surface area contributed by atoms with E-state index >= 15 is 0 Å². The lowest BCUT2D eigenvalue weighted by Crippen LogP contribution is -2.31. The Morgan fingerprint density at radius 1 is 1.27 bits per heavy atom. The van der Waals surface area contributed by atoms with Gasteiger partial charge in [0.05, 0.1) is 0 Å². The first-order valence-electron chi connectivity index (χ1n) is 5.74. The van der Waals surface area contributed by atoms with Crippen molar-refractivity contribution in [2.24, 2.45) is 0 Å². The number of hydrogen-bond acceptors (Lipinski definition) is 1. The Bertz CT molecular complexity index is 286. The van der Waals surface area contributed by atoms with Crippen molar-refractivity contribution >= 4 is 0 Å². The maximum absolute atomic E-state index is 13.4. The van der Waals surface area contributed by atoms with E-state index in [1.807, 2.05) is 12.1 Å². The van der Waals surface area contributed by atoms with Crippen LogP contribution in [0.15, 0.2) is 24.3 Å². The smallest absolute Gasteiger partial charge is 0.126 e. The topological polar surface area (TPSA) is 12.0 Å². The number of benzene rings is 1. The highest BCUT2D eigenvalue weighted by Crippen LogP contribution is 2.10. The molecule has 0 heterocycles. The van der Waals surface area contributed by atoms with Crippen molar-refractivity contribution in [3.8, 4) is 0 Å². The van der Waals surface area contributed by atoms with Crippen LogP contribution in [0.4, 0.5) is 4.39 Å². The van der Waals surface area contributed by atoms with Gasteiger partial charge >= 0.3 is 0 Å². The fourth-order valence-electron chi connectivity index (χ4n) is 1.64. The number of hydrogen-bond donors (Lipinski definition) is 1. The van der Waals surface area contributed by atoms with Gasteiger partial charge < -0.3 is 5.32 Å². The quantitative estimate of drug-likeness (QED) is 0.759. The van der Waals surface area contributed by atoms with Crippen molar-refractivity contribution in [1.29, 1.82) is 0 Å². The molecule has 0 aromatic heterocycles. The third-order valence-corrected chi connectivity index (χ3v) is 2.60. The Hall–Kier alpha value is -0.890. The van der Waals surface area contributed by atoms with E-state index in [0.717, 1.165) is 31.4 Å². The fourth-order valence-corrected chi connectivity index (χ4v) is 1.64. The normalized spacial score (nSPS) is 12.7. The predicted octanol–water partition coefficient (Wildman–Crippen LogP) is 3.15. The summed E-state index contributed by atoms with van der Waals surface area (Å²) in [7, 11) is 0. The van der Waals surface area contributed by atoms with Crippen molar-refractivity contribution in [2.45, 2.75) is 39.2 Å². The summed E-state index contributed by atoms with van der Waals surface area (Å²) in [6.07, 6.45) is 2.94. The maximum Gasteiger partial charge on any atom is 0.126 e. The van der Waals surface area contributed by atoms with E-state index in [1.165, 1.54) is 6.07 Å². The van der Waals surface area contributed by atoms with Crippen molar-refractivity contribution < 1.29 is 4.39 Å². The Morgan fingerprint density at radius 2 is 2.00 bits per heavy atom. The molecule has 0 saturated carbocycles. The van der Waals surface area contributed by atoms with Gasteiger partial charge in [-0.3, -0.25) is 0 Å². The highest BCUT2D eigenvalue weighted by atomic mass is 19.1. The zero-order valence-corrected chi connectivity index (χ0v) is 9.59. The van der Waals surface area contributed by atoms with Gasteiger partial charge in [-0.2, -0.15) is 0 Å². The molecule has 0 saturated heterocycles. The lowest BCUT2D eigenvalue weighted by molar-refractivity contribution is 0.483. The lowest BCUT2D eigenvalue weighted by Gasteiger charge is -2.16. The summed E-state index contributed by atoms with van der Waals surface area (Å²) in [4.78, 5) is 0. The highest BCUT2D eigenvalue weighted by molar-refractivity contribution is 5.18. The van der Waals surface area contributed by atoms with Gasteiger partial charge in [0.1, 0.15) is 5.82 Å². The standard InChI is InChI=1S/C13H20FN/c1-3-9-15-12(4-2)10-11-7-5-6-8-13(11)14/h5-8,12,15H,3-4,9-10H2,1-2H3. The van der Waals surface area contributed by atoms with Crippen LogP contribution in [0.25, 0.3) is 0 Å². The van der Waals surface area contributed by atoms with Crippen molar-refractivity contribution in [1.82, 2.24) is 5.32 Å². The van der Waals surface area contributed by atoms with Gasteiger partial charge in [0, 0.05) is 6.04 Å². The summed E-state index contributed by atoms with van der Waals surface area (Å²) in [5.41, 5.74) is 0.813. The van der Waals surface area contributed by atoms with Gasteiger partial charge in [0.25, 0.3) is 0 Å². The molecule has 0 aliphatic carbocycles. The molecule has 1 unspecified atom stereocenters. The Kier molecular flexibility index (Phi) is 5.33. The molecule has 1 rings (SSSR count). The molecule has 0 spiro atoms. The summed E-state index contributed by atoms with van der Waals surface area (Å²) in [6.45, 7) is 5.28. The molecule has 2 heteroatoms. The zero-order chi connectivity index (χ0) is 11.1. The first-order chi connectivity index (χ1) is 7.27. The number of rotatable bonds is 6. The van der Waals surface area contributed by atoms with Gasteiger partial charge in [0.15, 0.2) is 0 Å². The van der Waals surface area contributed by atoms with Crippen LogP contribution in [0, 0.1) is 5.82 Å². The van der Waals surface area contributed by atoms with Crippen LogP contribution in [0.1, 0.15) is 32.3 Å². The van der Waals surface area contributed by atoms with E-state index in [4.69, 9.17) is 0 Å². The molecule has 1 atom stereocenters.